The summed E-state index contributed by atoms with van der Waals surface area (Å²) in [6, 6.07) is 7.33. The Morgan fingerprint density at radius 2 is 1.90 bits per heavy atom. The highest BCUT2D eigenvalue weighted by molar-refractivity contribution is 5.88. The molecule has 0 radical (unpaired) electrons. The number of carboxylic acid groups (broad SMARTS) is 1. The molecule has 0 bridgehead atoms. The lowest BCUT2D eigenvalue weighted by molar-refractivity contribution is -0.204. The number of nitrogens with zero attached hydrogens (tertiary/aromatic N) is 1. The van der Waals surface area contributed by atoms with Crippen LogP contribution in [0.25, 0.3) is 11.3 Å². The van der Waals surface area contributed by atoms with Crippen molar-refractivity contribution in [3.8, 4) is 11.3 Å². The summed E-state index contributed by atoms with van der Waals surface area (Å²) < 4.78 is 41.8. The number of esters is 1. The Hall–Kier alpha value is -3.34. The molecule has 1 aliphatic heterocycles. The molecule has 1 aliphatic rings. The van der Waals surface area contributed by atoms with Crippen LogP contribution in [0.2, 0.25) is 0 Å². The number of anilines is 1. The van der Waals surface area contributed by atoms with Crippen molar-refractivity contribution in [2.45, 2.75) is 31.7 Å². The molecular formula is C20H20F3N3O5. The number of halogens is 3. The lowest BCUT2D eigenvalue weighted by Gasteiger charge is -2.19. The fourth-order valence-corrected chi connectivity index (χ4v) is 3.45. The van der Waals surface area contributed by atoms with E-state index in [1.54, 1.807) is 29.2 Å². The van der Waals surface area contributed by atoms with Crippen LogP contribution < -0.4 is 16.2 Å². The highest BCUT2D eigenvalue weighted by Gasteiger charge is 2.44. The fraction of sp³-hybridized carbons (Fsp3) is 0.350. The van der Waals surface area contributed by atoms with Gasteiger partial charge in [-0.15, -0.1) is 0 Å². The Balaban J connectivity index is 1.80. The molecule has 1 aromatic carbocycles. The number of nitrogens with two attached hydrogens (primary N) is 1. The van der Waals surface area contributed by atoms with Crippen LogP contribution in [0.5, 0.6) is 0 Å². The number of carbonyl (C=O) groups excluding carboxylic acids is 1. The van der Waals surface area contributed by atoms with Crippen LogP contribution in [0.4, 0.5) is 18.9 Å². The minimum atomic E-state index is -5.08. The zero-order chi connectivity index (χ0) is 22.9. The molecule has 8 nitrogen and oxygen atoms in total. The smallest absolute Gasteiger partial charge is 0.477 e. The van der Waals surface area contributed by atoms with Gasteiger partial charge in [0.15, 0.2) is 0 Å². The molecule has 166 valence electrons. The Morgan fingerprint density at radius 1 is 1.26 bits per heavy atom. The summed E-state index contributed by atoms with van der Waals surface area (Å²) in [5.41, 5.74) is 7.19. The second-order valence-corrected chi connectivity index (χ2v) is 7.13. The minimum absolute atomic E-state index is 0.00663. The van der Waals surface area contributed by atoms with Gasteiger partial charge in [-0.1, -0.05) is 19.1 Å². The zero-order valence-electron chi connectivity index (χ0n) is 16.4. The predicted molar refractivity (Wildman–Crippen MR) is 105 cm³/mol. The van der Waals surface area contributed by atoms with Crippen LogP contribution in [0, 0.1) is 0 Å². The van der Waals surface area contributed by atoms with Crippen molar-refractivity contribution in [3.05, 3.63) is 51.8 Å². The Morgan fingerprint density at radius 3 is 2.45 bits per heavy atom. The third kappa shape index (κ3) is 4.71. The first-order valence-electron chi connectivity index (χ1n) is 9.39. The van der Waals surface area contributed by atoms with Gasteiger partial charge in [0.05, 0.1) is 18.3 Å². The van der Waals surface area contributed by atoms with Gasteiger partial charge in [-0.2, -0.15) is 13.2 Å². The van der Waals surface area contributed by atoms with Crippen molar-refractivity contribution < 1.29 is 32.6 Å². The summed E-state index contributed by atoms with van der Waals surface area (Å²) in [6.07, 6.45) is -5.69. The number of alkyl halides is 3. The highest BCUT2D eigenvalue weighted by Crippen LogP contribution is 2.28. The van der Waals surface area contributed by atoms with E-state index in [1.165, 1.54) is 6.07 Å². The molecular weight excluding hydrogens is 419 g/mol. The molecule has 1 aromatic heterocycles. The van der Waals surface area contributed by atoms with E-state index in [0.717, 1.165) is 0 Å². The van der Waals surface area contributed by atoms with Crippen molar-refractivity contribution in [3.63, 3.8) is 0 Å². The second kappa shape index (κ2) is 8.42. The number of aryl methyl sites for hydroxylation is 1. The second-order valence-electron chi connectivity index (χ2n) is 7.13. The molecule has 0 saturated carbocycles. The normalized spacial score (nSPS) is 18.8. The van der Waals surface area contributed by atoms with Crippen LogP contribution in [-0.4, -0.2) is 53.4 Å². The van der Waals surface area contributed by atoms with Crippen LogP contribution in [0.15, 0.2) is 35.1 Å². The van der Waals surface area contributed by atoms with Crippen LogP contribution in [0.3, 0.4) is 0 Å². The number of nitrogens with one attached hydrogen (secondary N) is 1. The Labute approximate surface area is 174 Å². The Bertz CT molecular complexity index is 1050. The summed E-state index contributed by atoms with van der Waals surface area (Å²) in [5, 5.41) is 9.12. The van der Waals surface area contributed by atoms with E-state index in [4.69, 9.17) is 10.8 Å². The van der Waals surface area contributed by atoms with Crippen molar-refractivity contribution in [1.82, 2.24) is 4.98 Å². The average molecular weight is 439 g/mol. The number of pyridine rings is 1. The molecule has 31 heavy (non-hydrogen) atoms. The minimum Gasteiger partial charge on any atom is -0.477 e. The van der Waals surface area contributed by atoms with E-state index in [1.807, 2.05) is 6.92 Å². The van der Waals surface area contributed by atoms with Gasteiger partial charge in [0.2, 0.25) is 0 Å². The van der Waals surface area contributed by atoms with E-state index < -0.39 is 35.8 Å². The van der Waals surface area contributed by atoms with Gasteiger partial charge >= 0.3 is 18.1 Å². The van der Waals surface area contributed by atoms with E-state index in [0.29, 0.717) is 28.9 Å². The fourth-order valence-electron chi connectivity index (χ4n) is 3.45. The first-order valence-corrected chi connectivity index (χ1v) is 9.39. The average Bonchev–Trinajstić information content (AvgIpc) is 3.07. The summed E-state index contributed by atoms with van der Waals surface area (Å²) in [4.78, 5) is 38.6. The number of carboxylic acids is 1. The van der Waals surface area contributed by atoms with Gasteiger partial charge in [-0.3, -0.25) is 4.79 Å². The maximum Gasteiger partial charge on any atom is 0.490 e. The van der Waals surface area contributed by atoms with Crippen LogP contribution in [-0.2, 0) is 16.0 Å². The predicted octanol–water partition coefficient (Wildman–Crippen LogP) is 1.92. The number of aromatic carboxylic acids is 1. The van der Waals surface area contributed by atoms with Gasteiger partial charge in [-0.25, -0.2) is 9.59 Å². The summed E-state index contributed by atoms with van der Waals surface area (Å²) in [5.74, 6) is -3.59. The molecule has 0 aliphatic carbocycles. The number of hydrogen-bond acceptors (Lipinski definition) is 6. The topological polar surface area (TPSA) is 126 Å². The van der Waals surface area contributed by atoms with Gasteiger partial charge in [0, 0.05) is 12.2 Å². The zero-order valence-corrected chi connectivity index (χ0v) is 16.4. The van der Waals surface area contributed by atoms with Crippen molar-refractivity contribution in [1.29, 1.82) is 0 Å². The third-order valence-corrected chi connectivity index (χ3v) is 5.05. The summed E-state index contributed by atoms with van der Waals surface area (Å²) >= 11 is 0. The first kappa shape index (κ1) is 22.3. The quantitative estimate of drug-likeness (QED) is 0.608. The molecule has 2 aromatic rings. The Kier molecular flexibility index (Phi) is 6.07. The lowest BCUT2D eigenvalue weighted by Crippen LogP contribution is -2.40. The van der Waals surface area contributed by atoms with Gasteiger partial charge in [0.25, 0.3) is 5.56 Å². The number of H-pyrrole nitrogens is 1. The lowest BCUT2D eigenvalue weighted by atomic mass is 10.0. The van der Waals surface area contributed by atoms with Gasteiger partial charge in [0.1, 0.15) is 11.7 Å². The number of aromatic amines is 1. The SMILES string of the molecule is CCc1cc(C(=O)O)c(=O)[nH]c1-c1ccc(N2C[C@@H](N)[C@@H](OC(=O)C(F)(F)F)C2)cc1. The molecule has 1 fully saturated rings. The molecule has 0 amide bonds. The van der Waals surface area contributed by atoms with E-state index >= 15 is 0 Å². The summed E-state index contributed by atoms with van der Waals surface area (Å²) in [6.45, 7) is 2.03. The van der Waals surface area contributed by atoms with Gasteiger partial charge in [-0.05, 0) is 35.7 Å². The van der Waals surface area contributed by atoms with E-state index in [9.17, 15) is 27.6 Å². The molecule has 4 N–H and O–H groups in total. The standard InChI is InChI=1S/C20H20F3N3O5/c1-2-10-7-13(18(28)29)17(27)25-16(10)11-3-5-12(6-4-11)26-8-14(24)15(9-26)31-19(30)20(21,22)23/h3-7,14-15H,2,8-9,24H2,1H3,(H,25,27)(H,28,29)/t14-,15+/m1/s1. The molecule has 0 spiro atoms. The highest BCUT2D eigenvalue weighted by atomic mass is 19.4. The maximum atomic E-state index is 12.4. The monoisotopic (exact) mass is 439 g/mol. The van der Waals surface area contributed by atoms with Gasteiger partial charge < -0.3 is 25.5 Å². The van der Waals surface area contributed by atoms with Crippen molar-refractivity contribution >= 4 is 17.6 Å². The maximum absolute atomic E-state index is 12.4. The molecule has 2 heterocycles. The number of aromatic nitrogens is 1. The number of rotatable bonds is 5. The molecule has 11 heteroatoms. The first-order chi connectivity index (χ1) is 14.5. The van der Waals surface area contributed by atoms with E-state index in [-0.39, 0.29) is 18.7 Å². The van der Waals surface area contributed by atoms with Crippen LogP contribution >= 0.6 is 0 Å². The largest absolute Gasteiger partial charge is 0.490 e. The third-order valence-electron chi connectivity index (χ3n) is 5.05. The number of carbonyl (C=O) groups is 2. The molecule has 2 atom stereocenters. The molecule has 0 unspecified atom stereocenters. The number of benzene rings is 1. The number of hydrogen-bond donors (Lipinski definition) is 3. The summed E-state index contributed by atoms with van der Waals surface area (Å²) in [7, 11) is 0. The van der Waals surface area contributed by atoms with Crippen LogP contribution in [0.1, 0.15) is 22.8 Å². The van der Waals surface area contributed by atoms with E-state index in [2.05, 4.69) is 9.72 Å². The molecule has 3 rings (SSSR count). The molecule has 1 saturated heterocycles. The van der Waals surface area contributed by atoms with Crippen molar-refractivity contribution in [2.24, 2.45) is 5.73 Å². The van der Waals surface area contributed by atoms with Crippen molar-refractivity contribution in [2.75, 3.05) is 18.0 Å². The number of ether oxygens (including phenoxy) is 1.